The molecule has 0 aromatic heterocycles. The van der Waals surface area contributed by atoms with Gasteiger partial charge in [-0.25, -0.2) is 0 Å². The molecule has 1 fully saturated rings. The predicted octanol–water partition coefficient (Wildman–Crippen LogP) is 4.45. The van der Waals surface area contributed by atoms with E-state index in [1.54, 1.807) is 13.2 Å². The molecule has 0 spiro atoms. The van der Waals surface area contributed by atoms with Crippen LogP contribution in [-0.4, -0.2) is 39.3 Å². The van der Waals surface area contributed by atoms with Gasteiger partial charge in [-0.05, 0) is 35.9 Å². The third-order valence-corrected chi connectivity index (χ3v) is 5.05. The van der Waals surface area contributed by atoms with E-state index in [0.717, 1.165) is 41.3 Å². The Balaban J connectivity index is 1.61. The zero-order chi connectivity index (χ0) is 20.1. The van der Waals surface area contributed by atoms with Crippen molar-refractivity contribution in [3.05, 3.63) is 78.4 Å². The van der Waals surface area contributed by atoms with E-state index < -0.39 is 0 Å². The number of para-hydroxylation sites is 2. The van der Waals surface area contributed by atoms with Crippen molar-refractivity contribution in [3.8, 4) is 16.9 Å². The molecule has 148 valence electrons. The molecule has 3 aromatic carbocycles. The number of rotatable bonds is 5. The fourth-order valence-corrected chi connectivity index (χ4v) is 3.55. The summed E-state index contributed by atoms with van der Waals surface area (Å²) in [6, 6.07) is 23.3. The topological polar surface area (TPSA) is 50.8 Å². The molecule has 5 nitrogen and oxygen atoms in total. The zero-order valence-corrected chi connectivity index (χ0v) is 16.4. The molecular formula is C24H24N2O3. The van der Waals surface area contributed by atoms with E-state index in [0.29, 0.717) is 18.8 Å². The number of morpholine rings is 1. The van der Waals surface area contributed by atoms with Crippen LogP contribution >= 0.6 is 0 Å². The SMILES string of the molecule is COc1ccc(C(=O)Nc2ccccc2N2CCOCC2)cc1-c1ccccc1. The lowest BCUT2D eigenvalue weighted by Crippen LogP contribution is -2.36. The van der Waals surface area contributed by atoms with Crippen LogP contribution < -0.4 is 15.0 Å². The number of benzene rings is 3. The highest BCUT2D eigenvalue weighted by molar-refractivity contribution is 6.06. The lowest BCUT2D eigenvalue weighted by molar-refractivity contribution is 0.102. The second kappa shape index (κ2) is 8.80. The van der Waals surface area contributed by atoms with Gasteiger partial charge in [-0.3, -0.25) is 4.79 Å². The van der Waals surface area contributed by atoms with E-state index in [9.17, 15) is 4.79 Å². The lowest BCUT2D eigenvalue weighted by Gasteiger charge is -2.30. The molecule has 1 aliphatic rings. The van der Waals surface area contributed by atoms with Crippen LogP contribution in [0.15, 0.2) is 72.8 Å². The van der Waals surface area contributed by atoms with E-state index in [1.165, 1.54) is 0 Å². The average Bonchev–Trinajstić information content (AvgIpc) is 2.80. The van der Waals surface area contributed by atoms with Crippen LogP contribution in [0.25, 0.3) is 11.1 Å². The highest BCUT2D eigenvalue weighted by atomic mass is 16.5. The van der Waals surface area contributed by atoms with Gasteiger partial charge < -0.3 is 19.7 Å². The Bertz CT molecular complexity index is 982. The van der Waals surface area contributed by atoms with E-state index >= 15 is 0 Å². The maximum Gasteiger partial charge on any atom is 0.255 e. The van der Waals surface area contributed by atoms with Crippen LogP contribution in [0.2, 0.25) is 0 Å². The zero-order valence-electron chi connectivity index (χ0n) is 16.4. The molecule has 1 heterocycles. The number of anilines is 2. The minimum atomic E-state index is -0.148. The van der Waals surface area contributed by atoms with E-state index in [4.69, 9.17) is 9.47 Å². The summed E-state index contributed by atoms with van der Waals surface area (Å²) in [5.74, 6) is 0.590. The fraction of sp³-hybridized carbons (Fsp3) is 0.208. The first-order valence-electron chi connectivity index (χ1n) is 9.73. The van der Waals surface area contributed by atoms with Gasteiger partial charge in [0.05, 0.1) is 31.7 Å². The van der Waals surface area contributed by atoms with Gasteiger partial charge in [0.25, 0.3) is 5.91 Å². The largest absolute Gasteiger partial charge is 0.496 e. The normalized spacial score (nSPS) is 13.8. The van der Waals surface area contributed by atoms with Gasteiger partial charge in [0.1, 0.15) is 5.75 Å². The molecule has 4 rings (SSSR count). The third-order valence-electron chi connectivity index (χ3n) is 5.05. The number of nitrogens with one attached hydrogen (secondary N) is 1. The summed E-state index contributed by atoms with van der Waals surface area (Å²) in [5, 5.41) is 3.08. The summed E-state index contributed by atoms with van der Waals surface area (Å²) in [4.78, 5) is 15.3. The highest BCUT2D eigenvalue weighted by Gasteiger charge is 2.17. The fourth-order valence-electron chi connectivity index (χ4n) is 3.55. The number of carbonyl (C=O) groups excluding carboxylic acids is 1. The highest BCUT2D eigenvalue weighted by Crippen LogP contribution is 2.32. The molecule has 29 heavy (non-hydrogen) atoms. The average molecular weight is 388 g/mol. The van der Waals surface area contributed by atoms with Crippen LogP contribution in [0.5, 0.6) is 5.75 Å². The molecule has 1 aliphatic heterocycles. The quantitative estimate of drug-likeness (QED) is 0.702. The van der Waals surface area contributed by atoms with Crippen molar-refractivity contribution in [3.63, 3.8) is 0 Å². The Kier molecular flexibility index (Phi) is 5.77. The molecule has 0 radical (unpaired) electrons. The number of hydrogen-bond donors (Lipinski definition) is 1. The minimum absolute atomic E-state index is 0.148. The van der Waals surface area contributed by atoms with Crippen molar-refractivity contribution in [2.75, 3.05) is 43.6 Å². The molecule has 0 atom stereocenters. The molecule has 0 bridgehead atoms. The van der Waals surface area contributed by atoms with E-state index in [2.05, 4.69) is 10.2 Å². The molecule has 0 aliphatic carbocycles. The first-order valence-corrected chi connectivity index (χ1v) is 9.73. The van der Waals surface area contributed by atoms with Gasteiger partial charge in [-0.1, -0.05) is 42.5 Å². The Morgan fingerprint density at radius 3 is 2.45 bits per heavy atom. The Morgan fingerprint density at radius 2 is 1.69 bits per heavy atom. The monoisotopic (exact) mass is 388 g/mol. The second-order valence-electron chi connectivity index (χ2n) is 6.85. The summed E-state index contributed by atoms with van der Waals surface area (Å²) in [7, 11) is 1.64. The third kappa shape index (κ3) is 4.25. The van der Waals surface area contributed by atoms with Crippen molar-refractivity contribution in [2.45, 2.75) is 0 Å². The van der Waals surface area contributed by atoms with Crippen LogP contribution in [0.3, 0.4) is 0 Å². The number of amides is 1. The van der Waals surface area contributed by atoms with Crippen LogP contribution in [0.4, 0.5) is 11.4 Å². The standard InChI is InChI=1S/C24H24N2O3/c1-28-23-12-11-19(17-20(23)18-7-3-2-4-8-18)24(27)25-21-9-5-6-10-22(21)26-13-15-29-16-14-26/h2-12,17H,13-16H2,1H3,(H,25,27). The van der Waals surface area contributed by atoms with Gasteiger partial charge in [0, 0.05) is 24.2 Å². The number of nitrogens with zero attached hydrogens (tertiary/aromatic N) is 1. The van der Waals surface area contributed by atoms with Gasteiger partial charge in [0.15, 0.2) is 0 Å². The van der Waals surface area contributed by atoms with Gasteiger partial charge in [-0.15, -0.1) is 0 Å². The van der Waals surface area contributed by atoms with Crippen LogP contribution in [0, 0.1) is 0 Å². The maximum atomic E-state index is 13.0. The summed E-state index contributed by atoms with van der Waals surface area (Å²) in [6.45, 7) is 3.02. The van der Waals surface area contributed by atoms with Crippen molar-refractivity contribution >= 4 is 17.3 Å². The smallest absolute Gasteiger partial charge is 0.255 e. The minimum Gasteiger partial charge on any atom is -0.496 e. The van der Waals surface area contributed by atoms with Crippen molar-refractivity contribution < 1.29 is 14.3 Å². The molecule has 3 aromatic rings. The molecule has 0 unspecified atom stereocenters. The second-order valence-corrected chi connectivity index (χ2v) is 6.85. The number of ether oxygens (including phenoxy) is 2. The number of hydrogen-bond acceptors (Lipinski definition) is 4. The van der Waals surface area contributed by atoms with Crippen molar-refractivity contribution in [1.82, 2.24) is 0 Å². The number of carbonyl (C=O) groups is 1. The summed E-state index contributed by atoms with van der Waals surface area (Å²) in [5.41, 5.74) is 4.30. The summed E-state index contributed by atoms with van der Waals surface area (Å²) in [6.07, 6.45) is 0. The molecule has 5 heteroatoms. The van der Waals surface area contributed by atoms with Gasteiger partial charge in [0.2, 0.25) is 0 Å². The van der Waals surface area contributed by atoms with Crippen molar-refractivity contribution in [1.29, 1.82) is 0 Å². The predicted molar refractivity (Wildman–Crippen MR) is 116 cm³/mol. The van der Waals surface area contributed by atoms with E-state index in [1.807, 2.05) is 66.7 Å². The van der Waals surface area contributed by atoms with Crippen molar-refractivity contribution in [2.24, 2.45) is 0 Å². The Morgan fingerprint density at radius 1 is 0.966 bits per heavy atom. The molecular weight excluding hydrogens is 364 g/mol. The maximum absolute atomic E-state index is 13.0. The lowest BCUT2D eigenvalue weighted by atomic mass is 10.0. The number of methoxy groups -OCH3 is 1. The molecule has 0 saturated carbocycles. The summed E-state index contributed by atoms with van der Waals surface area (Å²) >= 11 is 0. The first kappa shape index (κ1) is 19.0. The first-order chi connectivity index (χ1) is 14.3. The van der Waals surface area contributed by atoms with Crippen LogP contribution in [0.1, 0.15) is 10.4 Å². The van der Waals surface area contributed by atoms with E-state index in [-0.39, 0.29) is 5.91 Å². The molecule has 1 amide bonds. The summed E-state index contributed by atoms with van der Waals surface area (Å²) < 4.78 is 10.9. The Hall–Kier alpha value is -3.31. The molecule has 1 saturated heterocycles. The van der Waals surface area contributed by atoms with Gasteiger partial charge in [-0.2, -0.15) is 0 Å². The molecule has 1 N–H and O–H groups in total. The Labute approximate surface area is 170 Å². The van der Waals surface area contributed by atoms with Gasteiger partial charge >= 0.3 is 0 Å². The van der Waals surface area contributed by atoms with Crippen LogP contribution in [-0.2, 0) is 4.74 Å².